The number of carbonyl (C=O) groups is 1. The summed E-state index contributed by atoms with van der Waals surface area (Å²) in [4.78, 5) is 11.2. The van der Waals surface area contributed by atoms with E-state index >= 15 is 0 Å². The van der Waals surface area contributed by atoms with E-state index in [1.807, 2.05) is 0 Å². The van der Waals surface area contributed by atoms with E-state index in [4.69, 9.17) is 0 Å². The van der Waals surface area contributed by atoms with E-state index in [0.717, 1.165) is 12.1 Å². The van der Waals surface area contributed by atoms with Gasteiger partial charge < -0.3 is 5.11 Å². The Morgan fingerprint density at radius 2 is 1.36 bits per heavy atom. The molecule has 1 atom stereocenters. The van der Waals surface area contributed by atoms with E-state index in [1.54, 1.807) is 6.07 Å². The highest BCUT2D eigenvalue weighted by Crippen LogP contribution is 2.40. The van der Waals surface area contributed by atoms with E-state index < -0.39 is 29.6 Å². The van der Waals surface area contributed by atoms with Crippen molar-refractivity contribution in [3.05, 3.63) is 69.8 Å². The number of rotatable bonds is 0. The van der Waals surface area contributed by atoms with Crippen LogP contribution >= 0.6 is 0 Å². The number of fused-ring (bicyclic) bond motifs is 2. The van der Waals surface area contributed by atoms with Crippen LogP contribution in [0, 0.1) is 0 Å². The van der Waals surface area contributed by atoms with Gasteiger partial charge in [-0.2, -0.15) is 26.3 Å². The molecular formula is C20H16F6O2. The summed E-state index contributed by atoms with van der Waals surface area (Å²) in [6, 6.07) is 7.73. The molecule has 0 heterocycles. The smallest absolute Gasteiger partial charge is 0.388 e. The summed E-state index contributed by atoms with van der Waals surface area (Å²) in [5, 5.41) is 9.40. The van der Waals surface area contributed by atoms with Gasteiger partial charge in [0.05, 0.1) is 17.2 Å². The first-order chi connectivity index (χ1) is 13.0. The zero-order chi connectivity index (χ0) is 20.7. The average molecular weight is 402 g/mol. The van der Waals surface area contributed by atoms with E-state index in [2.05, 4.69) is 0 Å². The third kappa shape index (κ3) is 3.92. The molecule has 0 amide bonds. The molecule has 0 saturated heterocycles. The van der Waals surface area contributed by atoms with Crippen LogP contribution in [0.1, 0.15) is 57.1 Å². The van der Waals surface area contributed by atoms with Gasteiger partial charge in [-0.3, -0.25) is 4.79 Å². The average Bonchev–Trinajstić information content (AvgIpc) is 3.17. The number of Topliss-reactive ketones (excluding diaryl/α,β-unsaturated/α-hetero) is 1. The quantitative estimate of drug-likeness (QED) is 0.590. The molecule has 0 saturated carbocycles. The van der Waals surface area contributed by atoms with Crippen LogP contribution in [0.2, 0.25) is 0 Å². The summed E-state index contributed by atoms with van der Waals surface area (Å²) in [7, 11) is 0. The zero-order valence-corrected chi connectivity index (χ0v) is 14.5. The molecule has 2 nitrogen and oxygen atoms in total. The molecule has 1 unspecified atom stereocenters. The van der Waals surface area contributed by atoms with Crippen LogP contribution in [0.15, 0.2) is 36.4 Å². The van der Waals surface area contributed by atoms with Crippen molar-refractivity contribution in [1.82, 2.24) is 0 Å². The van der Waals surface area contributed by atoms with Crippen molar-refractivity contribution in [2.75, 3.05) is 0 Å². The van der Waals surface area contributed by atoms with Gasteiger partial charge in [-0.15, -0.1) is 0 Å². The Balaban J connectivity index is 0.000000161. The molecule has 150 valence electrons. The molecule has 8 heteroatoms. The third-order valence-corrected chi connectivity index (χ3v) is 4.93. The second-order valence-corrected chi connectivity index (χ2v) is 6.68. The Kier molecular flexibility index (Phi) is 5.27. The molecule has 0 aromatic heterocycles. The molecule has 0 radical (unpaired) electrons. The second kappa shape index (κ2) is 7.24. The van der Waals surface area contributed by atoms with Crippen LogP contribution in [-0.4, -0.2) is 10.9 Å². The Labute approximate surface area is 156 Å². The van der Waals surface area contributed by atoms with Crippen molar-refractivity contribution >= 4 is 5.78 Å². The largest absolute Gasteiger partial charge is 0.416 e. The van der Waals surface area contributed by atoms with Crippen LogP contribution in [0.4, 0.5) is 26.3 Å². The molecule has 4 rings (SSSR count). The van der Waals surface area contributed by atoms with Gasteiger partial charge in [0.15, 0.2) is 5.78 Å². The summed E-state index contributed by atoms with van der Waals surface area (Å²) in [5.41, 5.74) is -0.190. The molecule has 2 aliphatic carbocycles. The fourth-order valence-corrected chi connectivity index (χ4v) is 3.65. The summed E-state index contributed by atoms with van der Waals surface area (Å²) in [6.45, 7) is 0. The number of hydrogen-bond donors (Lipinski definition) is 1. The van der Waals surface area contributed by atoms with Crippen LogP contribution in [0.3, 0.4) is 0 Å². The van der Waals surface area contributed by atoms with Gasteiger partial charge in [0.2, 0.25) is 0 Å². The highest BCUT2D eigenvalue weighted by Gasteiger charge is 2.37. The second-order valence-electron chi connectivity index (χ2n) is 6.68. The summed E-state index contributed by atoms with van der Waals surface area (Å²) in [5.74, 6) is -0.189. The zero-order valence-electron chi connectivity index (χ0n) is 14.5. The monoisotopic (exact) mass is 402 g/mol. The maximum Gasteiger partial charge on any atom is 0.416 e. The molecule has 0 spiro atoms. The topological polar surface area (TPSA) is 37.3 Å². The molecule has 0 bridgehead atoms. The van der Waals surface area contributed by atoms with Gasteiger partial charge in [0.1, 0.15) is 0 Å². The van der Waals surface area contributed by atoms with E-state index in [-0.39, 0.29) is 35.3 Å². The number of ketones is 1. The van der Waals surface area contributed by atoms with Gasteiger partial charge in [-0.25, -0.2) is 0 Å². The molecule has 2 aromatic rings. The Bertz CT molecular complexity index is 899. The molecule has 28 heavy (non-hydrogen) atoms. The first-order valence-electron chi connectivity index (χ1n) is 8.59. The van der Waals surface area contributed by atoms with Crippen molar-refractivity contribution in [3.8, 4) is 0 Å². The summed E-state index contributed by atoms with van der Waals surface area (Å²) in [6.07, 6.45) is -8.28. The molecule has 2 aromatic carbocycles. The van der Waals surface area contributed by atoms with Crippen molar-refractivity contribution in [3.63, 3.8) is 0 Å². The maximum absolute atomic E-state index is 12.5. The van der Waals surface area contributed by atoms with Crippen LogP contribution in [0.25, 0.3) is 0 Å². The number of aliphatic hydroxyl groups excluding tert-OH is 1. The fourth-order valence-electron chi connectivity index (χ4n) is 3.65. The molecule has 1 N–H and O–H groups in total. The van der Waals surface area contributed by atoms with E-state index in [9.17, 15) is 36.2 Å². The number of carbonyl (C=O) groups excluding carboxylic acids is 1. The minimum Gasteiger partial charge on any atom is -0.388 e. The van der Waals surface area contributed by atoms with Crippen molar-refractivity contribution in [1.29, 1.82) is 0 Å². The van der Waals surface area contributed by atoms with Crippen LogP contribution in [0.5, 0.6) is 0 Å². The van der Waals surface area contributed by atoms with Crippen LogP contribution in [-0.2, 0) is 25.2 Å². The first-order valence-corrected chi connectivity index (χ1v) is 8.59. The number of halogens is 6. The van der Waals surface area contributed by atoms with Gasteiger partial charge in [0, 0.05) is 12.0 Å². The highest BCUT2D eigenvalue weighted by atomic mass is 19.4. The van der Waals surface area contributed by atoms with Crippen molar-refractivity contribution < 1.29 is 36.2 Å². The lowest BCUT2D eigenvalue weighted by atomic mass is 10.0. The molecule has 0 fully saturated rings. The van der Waals surface area contributed by atoms with Crippen LogP contribution < -0.4 is 0 Å². The number of aliphatic hydroxyl groups is 1. The minimum absolute atomic E-state index is 0.157. The minimum atomic E-state index is -4.35. The maximum atomic E-state index is 12.5. The fraction of sp³-hybridized carbons (Fsp3) is 0.350. The highest BCUT2D eigenvalue weighted by molar-refractivity contribution is 6.00. The molecule has 0 aliphatic heterocycles. The van der Waals surface area contributed by atoms with Crippen molar-refractivity contribution in [2.24, 2.45) is 0 Å². The SMILES string of the molecule is O=C1CCc2c1cccc2C(F)(F)F.OC1CCc2c1cccc2C(F)(F)F. The van der Waals surface area contributed by atoms with Crippen molar-refractivity contribution in [2.45, 2.75) is 44.1 Å². The number of alkyl halides is 6. The lowest BCUT2D eigenvalue weighted by Gasteiger charge is -2.11. The standard InChI is InChI=1S/C10H9F3O.C10H7F3O/c2*11-10(12,13)8-3-1-2-7-6(8)4-5-9(7)14/h1-3,9,14H,4-5H2;1-3H,4-5H2. The summed E-state index contributed by atoms with van der Waals surface area (Å²) < 4.78 is 74.8. The van der Waals surface area contributed by atoms with Gasteiger partial charge in [-0.05, 0) is 48.1 Å². The number of benzene rings is 2. The summed E-state index contributed by atoms with van der Waals surface area (Å²) >= 11 is 0. The number of hydrogen-bond acceptors (Lipinski definition) is 2. The lowest BCUT2D eigenvalue weighted by Crippen LogP contribution is -2.09. The predicted molar refractivity (Wildman–Crippen MR) is 88.8 cm³/mol. The predicted octanol–water partition coefficient (Wildman–Crippen LogP) is 5.52. The Hall–Kier alpha value is -2.35. The normalized spacial score (nSPS) is 18.4. The van der Waals surface area contributed by atoms with E-state index in [0.29, 0.717) is 18.4 Å². The van der Waals surface area contributed by atoms with Gasteiger partial charge in [-0.1, -0.05) is 24.3 Å². The molecule has 2 aliphatic rings. The third-order valence-electron chi connectivity index (χ3n) is 4.93. The Morgan fingerprint density at radius 3 is 1.96 bits per heavy atom. The van der Waals surface area contributed by atoms with Gasteiger partial charge >= 0.3 is 12.4 Å². The Morgan fingerprint density at radius 1 is 0.786 bits per heavy atom. The first kappa shape index (κ1) is 20.4. The molecular weight excluding hydrogens is 386 g/mol. The van der Waals surface area contributed by atoms with Gasteiger partial charge in [0.25, 0.3) is 0 Å². The lowest BCUT2D eigenvalue weighted by molar-refractivity contribution is -0.139. The van der Waals surface area contributed by atoms with E-state index in [1.165, 1.54) is 18.2 Å².